The minimum Gasteiger partial charge on any atom is -0.429 e. The monoisotopic (exact) mass is 454 g/mol. The molecule has 1 atom stereocenters. The number of carbonyl (C=O) groups is 1. The predicted molar refractivity (Wildman–Crippen MR) is 134 cm³/mol. The second kappa shape index (κ2) is 10.0. The maximum absolute atomic E-state index is 12.5. The zero-order chi connectivity index (χ0) is 24.0. The van der Waals surface area contributed by atoms with Crippen LogP contribution in [0.1, 0.15) is 54.9 Å². The van der Waals surface area contributed by atoms with Gasteiger partial charge in [0.05, 0.1) is 6.61 Å². The fourth-order valence-corrected chi connectivity index (χ4v) is 8.61. The molecule has 2 aromatic carbocycles. The molecule has 0 saturated heterocycles. The Labute approximate surface area is 194 Å². The normalized spacial score (nSPS) is 14.3. The number of hydrogen-bond acceptors (Lipinski definition) is 4. The predicted octanol–water partition coefficient (Wildman–Crippen LogP) is 5.85. The lowest BCUT2D eigenvalue weighted by molar-refractivity contribution is -0.0738. The lowest BCUT2D eigenvalue weighted by Gasteiger charge is -2.44. The molecule has 0 heterocycles. The van der Waals surface area contributed by atoms with E-state index < -0.39 is 25.7 Å². The molecule has 0 aliphatic heterocycles. The van der Waals surface area contributed by atoms with Gasteiger partial charge in [0, 0.05) is 6.42 Å². The summed E-state index contributed by atoms with van der Waals surface area (Å²) in [5, 5.41) is 2.19. The van der Waals surface area contributed by atoms with Gasteiger partial charge in [-0.2, -0.15) is 0 Å². The molecule has 0 amide bonds. The van der Waals surface area contributed by atoms with E-state index in [9.17, 15) is 4.79 Å². The number of rotatable bonds is 8. The third-order valence-corrected chi connectivity index (χ3v) is 10.3. The minimum absolute atomic E-state index is 0.170. The van der Waals surface area contributed by atoms with Gasteiger partial charge in [-0.25, -0.2) is 4.79 Å². The van der Waals surface area contributed by atoms with E-state index in [0.717, 1.165) is 0 Å². The van der Waals surface area contributed by atoms with E-state index in [2.05, 4.69) is 75.9 Å². The lowest BCUT2D eigenvalue weighted by Crippen LogP contribution is -2.67. The first-order valence-electron chi connectivity index (χ1n) is 11.1. The van der Waals surface area contributed by atoms with Gasteiger partial charge in [0.25, 0.3) is 8.32 Å². The summed E-state index contributed by atoms with van der Waals surface area (Å²) in [7, 11) is -2.75. The molecule has 174 valence electrons. The summed E-state index contributed by atoms with van der Waals surface area (Å²) in [6.45, 7) is 18.1. The molecule has 0 N–H and O–H groups in total. The van der Waals surface area contributed by atoms with E-state index in [-0.39, 0.29) is 11.6 Å². The lowest BCUT2D eigenvalue weighted by atomic mass is 10.0. The van der Waals surface area contributed by atoms with Gasteiger partial charge in [0.1, 0.15) is 11.2 Å². The maximum atomic E-state index is 12.5. The van der Waals surface area contributed by atoms with Crippen molar-refractivity contribution in [3.05, 3.63) is 73.3 Å². The van der Waals surface area contributed by atoms with Crippen molar-refractivity contribution in [2.45, 2.75) is 71.1 Å². The fourth-order valence-electron chi connectivity index (χ4n) is 3.93. The van der Waals surface area contributed by atoms with E-state index in [0.29, 0.717) is 6.42 Å². The van der Waals surface area contributed by atoms with Crippen molar-refractivity contribution in [3.8, 4) is 0 Å². The van der Waals surface area contributed by atoms with Crippen LogP contribution < -0.4 is 10.4 Å². The summed E-state index contributed by atoms with van der Waals surface area (Å²) in [6.07, 6.45) is 1.50. The highest BCUT2D eigenvalue weighted by molar-refractivity contribution is 6.99. The van der Waals surface area contributed by atoms with Gasteiger partial charge in [-0.3, -0.25) is 0 Å². The maximum Gasteiger partial charge on any atom is 0.509 e. The molecule has 0 saturated carbocycles. The minimum atomic E-state index is -2.75. The Bertz CT molecular complexity index is 842. The Morgan fingerprint density at radius 1 is 0.844 bits per heavy atom. The third kappa shape index (κ3) is 6.33. The molecule has 0 aromatic heterocycles. The Hall–Kier alpha value is -2.37. The molecule has 32 heavy (non-hydrogen) atoms. The van der Waals surface area contributed by atoms with Gasteiger partial charge >= 0.3 is 6.16 Å². The molecule has 0 bridgehead atoms. The van der Waals surface area contributed by atoms with Gasteiger partial charge in [-0.15, -0.1) is 6.58 Å². The summed E-state index contributed by atoms with van der Waals surface area (Å²) in [5.41, 5.74) is -1.54. The van der Waals surface area contributed by atoms with E-state index in [4.69, 9.17) is 13.9 Å². The third-order valence-electron chi connectivity index (χ3n) is 5.31. The average molecular weight is 455 g/mol. The highest BCUT2D eigenvalue weighted by Gasteiger charge is 2.51. The first kappa shape index (κ1) is 25.9. The van der Waals surface area contributed by atoms with Crippen LogP contribution >= 0.6 is 0 Å². The van der Waals surface area contributed by atoms with Gasteiger partial charge in [-0.1, -0.05) is 87.5 Å². The summed E-state index contributed by atoms with van der Waals surface area (Å²) >= 11 is 0. The van der Waals surface area contributed by atoms with Crippen LogP contribution in [-0.2, 0) is 13.9 Å². The van der Waals surface area contributed by atoms with Crippen LogP contribution in [-0.4, -0.2) is 32.3 Å². The van der Waals surface area contributed by atoms with Crippen LogP contribution in [0.25, 0.3) is 0 Å². The van der Waals surface area contributed by atoms with E-state index in [1.165, 1.54) is 10.4 Å². The fraction of sp³-hybridized carbons (Fsp3) is 0.444. The van der Waals surface area contributed by atoms with Gasteiger partial charge in [0.2, 0.25) is 0 Å². The zero-order valence-corrected chi connectivity index (χ0v) is 21.6. The summed E-state index contributed by atoms with van der Waals surface area (Å²) < 4.78 is 18.2. The second-order valence-corrected chi connectivity index (χ2v) is 14.8. The molecular weight excluding hydrogens is 416 g/mol. The van der Waals surface area contributed by atoms with Gasteiger partial charge in [-0.05, 0) is 43.1 Å². The first-order chi connectivity index (χ1) is 14.8. The van der Waals surface area contributed by atoms with Crippen LogP contribution in [0.3, 0.4) is 0 Å². The van der Waals surface area contributed by atoms with Gasteiger partial charge in [0.15, 0.2) is 0 Å². The molecule has 2 aromatic rings. The standard InChI is InChI=1S/C27H38O4Si/c1-9-20-27(8,31-24(28)30-25(2,3)4)21-29-32(26(5,6)7,22-16-12-10-13-17-22)23-18-14-11-15-19-23/h9-19H,1,20-21H2,2-8H3/t27-/m0/s1. The quantitative estimate of drug-likeness (QED) is 0.285. The van der Waals surface area contributed by atoms with Crippen molar-refractivity contribution in [2.75, 3.05) is 6.61 Å². The van der Waals surface area contributed by atoms with Crippen LogP contribution in [0.5, 0.6) is 0 Å². The largest absolute Gasteiger partial charge is 0.509 e. The first-order valence-corrected chi connectivity index (χ1v) is 13.0. The summed E-state index contributed by atoms with van der Waals surface area (Å²) in [5.74, 6) is 0. The molecule has 0 aliphatic rings. The van der Waals surface area contributed by atoms with Crippen molar-refractivity contribution in [1.29, 1.82) is 0 Å². The van der Waals surface area contributed by atoms with Crippen molar-refractivity contribution >= 4 is 24.8 Å². The van der Waals surface area contributed by atoms with Crippen LogP contribution in [0.15, 0.2) is 73.3 Å². The smallest absolute Gasteiger partial charge is 0.429 e. The molecule has 5 heteroatoms. The summed E-state index contributed by atoms with van der Waals surface area (Å²) in [6, 6.07) is 20.8. The molecule has 4 nitrogen and oxygen atoms in total. The Balaban J connectivity index is 2.49. The van der Waals surface area contributed by atoms with E-state index in [1.54, 1.807) is 6.08 Å². The number of carbonyl (C=O) groups excluding carboxylic acids is 1. The Kier molecular flexibility index (Phi) is 8.13. The molecule has 0 unspecified atom stereocenters. The summed E-state index contributed by atoms with van der Waals surface area (Å²) in [4.78, 5) is 12.5. The molecule has 0 spiro atoms. The van der Waals surface area contributed by atoms with E-state index in [1.807, 2.05) is 39.8 Å². The highest BCUT2D eigenvalue weighted by atomic mass is 28.4. The van der Waals surface area contributed by atoms with E-state index >= 15 is 0 Å². The second-order valence-electron chi connectivity index (χ2n) is 10.5. The SMILES string of the molecule is C=CC[C@@](C)(CO[Si](c1ccccc1)(c1ccccc1)C(C)(C)C)OC(=O)OC(C)(C)C. The molecule has 0 fully saturated rings. The Morgan fingerprint density at radius 3 is 1.69 bits per heavy atom. The van der Waals surface area contributed by atoms with Gasteiger partial charge < -0.3 is 13.9 Å². The topological polar surface area (TPSA) is 44.8 Å². The molecular formula is C27H38O4Si. The number of hydrogen-bond donors (Lipinski definition) is 0. The van der Waals surface area contributed by atoms with Crippen LogP contribution in [0, 0.1) is 0 Å². The van der Waals surface area contributed by atoms with Crippen molar-refractivity contribution in [1.82, 2.24) is 0 Å². The number of benzene rings is 2. The van der Waals surface area contributed by atoms with Crippen LogP contribution in [0.4, 0.5) is 4.79 Å². The van der Waals surface area contributed by atoms with Crippen LogP contribution in [0.2, 0.25) is 5.04 Å². The highest BCUT2D eigenvalue weighted by Crippen LogP contribution is 2.37. The molecule has 2 rings (SSSR count). The average Bonchev–Trinajstić information content (AvgIpc) is 2.67. The Morgan fingerprint density at radius 2 is 1.31 bits per heavy atom. The van der Waals surface area contributed by atoms with Crippen molar-refractivity contribution in [2.24, 2.45) is 0 Å². The zero-order valence-electron chi connectivity index (χ0n) is 20.6. The molecule has 0 radical (unpaired) electrons. The number of ether oxygens (including phenoxy) is 2. The molecule has 0 aliphatic carbocycles. The van der Waals surface area contributed by atoms with Crippen molar-refractivity contribution < 1.29 is 18.7 Å². The van der Waals surface area contributed by atoms with Crippen molar-refractivity contribution in [3.63, 3.8) is 0 Å².